The van der Waals surface area contributed by atoms with E-state index in [0.717, 1.165) is 29.6 Å². The lowest BCUT2D eigenvalue weighted by Gasteiger charge is -2.26. The van der Waals surface area contributed by atoms with Crippen LogP contribution < -0.4 is 14.9 Å². The number of carbonyl (C=O) groups excluding carboxylic acids is 1. The smallest absolute Gasteiger partial charge is 0.243 e. The maximum Gasteiger partial charge on any atom is 0.243 e. The number of hydrogen-bond donors (Lipinski definition) is 2. The van der Waals surface area contributed by atoms with Crippen LogP contribution >= 0.6 is 11.6 Å². The third-order valence-electron chi connectivity index (χ3n) is 4.94. The van der Waals surface area contributed by atoms with Gasteiger partial charge in [0.05, 0.1) is 12.3 Å². The Hall–Kier alpha value is -2.76. The molecule has 7 nitrogen and oxygen atoms in total. The van der Waals surface area contributed by atoms with Crippen LogP contribution in [0.3, 0.4) is 0 Å². The predicted octanol–water partition coefficient (Wildman–Crippen LogP) is 3.23. The molecule has 2 atom stereocenters. The molecule has 30 heavy (non-hydrogen) atoms. The summed E-state index contributed by atoms with van der Waals surface area (Å²) in [6.45, 7) is 2.80. The van der Waals surface area contributed by atoms with Crippen LogP contribution in [0.5, 0.6) is 0 Å². The first-order chi connectivity index (χ1) is 14.2. The molecule has 0 saturated carbocycles. The normalized spacial score (nSPS) is 18.7. The van der Waals surface area contributed by atoms with Crippen molar-refractivity contribution in [2.24, 2.45) is 5.92 Å². The largest absolute Gasteiger partial charge is 0.359 e. The number of hydrogen-bond acceptors (Lipinski definition) is 5. The Kier molecular flexibility index (Phi) is 6.54. The summed E-state index contributed by atoms with van der Waals surface area (Å²) in [6.07, 6.45) is 1.81. The van der Waals surface area contributed by atoms with Gasteiger partial charge in [0.15, 0.2) is 0 Å². The van der Waals surface area contributed by atoms with Crippen LogP contribution in [0, 0.1) is 17.2 Å². The second kappa shape index (κ2) is 8.94. The van der Waals surface area contributed by atoms with Gasteiger partial charge in [-0.3, -0.25) is 9.52 Å². The summed E-state index contributed by atoms with van der Waals surface area (Å²) in [6, 6.07) is 14.1. The maximum absolute atomic E-state index is 12.5. The van der Waals surface area contributed by atoms with Crippen molar-refractivity contribution in [3.05, 3.63) is 47.5 Å². The number of nitrogens with one attached hydrogen (secondary N) is 2. The summed E-state index contributed by atoms with van der Waals surface area (Å²) < 4.78 is 25.2. The minimum Gasteiger partial charge on any atom is -0.359 e. The van der Waals surface area contributed by atoms with E-state index in [1.54, 1.807) is 30.3 Å². The van der Waals surface area contributed by atoms with Gasteiger partial charge in [-0.25, -0.2) is 8.42 Å². The fraction of sp³-hybridized carbons (Fsp3) is 0.333. The molecule has 1 aliphatic heterocycles. The second-order valence-electron chi connectivity index (χ2n) is 7.50. The topological polar surface area (TPSA) is 102 Å². The van der Waals surface area contributed by atoms with Crippen molar-refractivity contribution >= 4 is 38.9 Å². The van der Waals surface area contributed by atoms with Crippen LogP contribution in [0.15, 0.2) is 42.5 Å². The standard InChI is InChI=1S/C21H23ClN4O3S/c1-14-11-20(21(27)24-10-9-23)26(13-14)17-7-8-19(22)18(12-17)15-3-5-16(6-4-15)25-30(2,28)29/h3-8,12,14,20,25H,10-11,13H2,1-2H3,(H,24,27)/t14-,20-/m0/s1. The van der Waals surface area contributed by atoms with Gasteiger partial charge in [-0.1, -0.05) is 30.7 Å². The highest BCUT2D eigenvalue weighted by molar-refractivity contribution is 7.92. The van der Waals surface area contributed by atoms with E-state index >= 15 is 0 Å². The number of rotatable bonds is 6. The van der Waals surface area contributed by atoms with Crippen molar-refractivity contribution in [2.45, 2.75) is 19.4 Å². The number of carbonyl (C=O) groups is 1. The quantitative estimate of drug-likeness (QED) is 0.663. The van der Waals surface area contributed by atoms with Crippen molar-refractivity contribution in [1.82, 2.24) is 5.32 Å². The molecule has 1 fully saturated rings. The highest BCUT2D eigenvalue weighted by Gasteiger charge is 2.35. The molecule has 1 saturated heterocycles. The molecule has 2 aromatic rings. The van der Waals surface area contributed by atoms with E-state index < -0.39 is 10.0 Å². The zero-order chi connectivity index (χ0) is 21.9. The van der Waals surface area contributed by atoms with E-state index in [1.165, 1.54) is 0 Å². The monoisotopic (exact) mass is 446 g/mol. The summed E-state index contributed by atoms with van der Waals surface area (Å²) in [5, 5.41) is 11.9. The van der Waals surface area contributed by atoms with E-state index in [9.17, 15) is 13.2 Å². The minimum atomic E-state index is -3.35. The third kappa shape index (κ3) is 5.23. The molecular formula is C21H23ClN4O3S. The number of nitrogens with zero attached hydrogens (tertiary/aromatic N) is 2. The highest BCUT2D eigenvalue weighted by atomic mass is 35.5. The molecule has 2 aromatic carbocycles. The van der Waals surface area contributed by atoms with Gasteiger partial charge in [-0.05, 0) is 48.2 Å². The van der Waals surface area contributed by atoms with Crippen molar-refractivity contribution < 1.29 is 13.2 Å². The minimum absolute atomic E-state index is 0.0166. The fourth-order valence-electron chi connectivity index (χ4n) is 3.67. The van der Waals surface area contributed by atoms with Gasteiger partial charge in [0, 0.05) is 28.5 Å². The van der Waals surface area contributed by atoms with Crippen LogP contribution in [0.1, 0.15) is 13.3 Å². The van der Waals surface area contributed by atoms with E-state index in [1.807, 2.05) is 23.1 Å². The molecule has 1 amide bonds. The van der Waals surface area contributed by atoms with Crippen LogP contribution in [-0.4, -0.2) is 39.7 Å². The van der Waals surface area contributed by atoms with E-state index in [0.29, 0.717) is 23.0 Å². The van der Waals surface area contributed by atoms with Crippen molar-refractivity contribution in [1.29, 1.82) is 5.26 Å². The van der Waals surface area contributed by atoms with E-state index in [4.69, 9.17) is 16.9 Å². The van der Waals surface area contributed by atoms with Crippen LogP contribution in [0.2, 0.25) is 5.02 Å². The van der Waals surface area contributed by atoms with Crippen LogP contribution in [0.4, 0.5) is 11.4 Å². The molecule has 2 N–H and O–H groups in total. The van der Waals surface area contributed by atoms with Crippen molar-refractivity contribution in [3.63, 3.8) is 0 Å². The number of amides is 1. The molecule has 0 bridgehead atoms. The SMILES string of the molecule is C[C@H]1C[C@@H](C(=O)NCC#N)N(c2ccc(Cl)c(-c3ccc(NS(C)(=O)=O)cc3)c2)C1. The Morgan fingerprint density at radius 2 is 1.97 bits per heavy atom. The first-order valence-electron chi connectivity index (χ1n) is 9.47. The van der Waals surface area contributed by atoms with Gasteiger partial charge in [-0.15, -0.1) is 0 Å². The lowest BCUT2D eigenvalue weighted by molar-refractivity contribution is -0.122. The van der Waals surface area contributed by atoms with E-state index in [2.05, 4.69) is 17.0 Å². The Bertz CT molecular complexity index is 1080. The van der Waals surface area contributed by atoms with Gasteiger partial charge in [-0.2, -0.15) is 5.26 Å². The molecular weight excluding hydrogens is 424 g/mol. The van der Waals surface area contributed by atoms with Gasteiger partial charge >= 0.3 is 0 Å². The molecule has 0 unspecified atom stereocenters. The third-order valence-corrected chi connectivity index (χ3v) is 5.87. The highest BCUT2D eigenvalue weighted by Crippen LogP contribution is 2.36. The van der Waals surface area contributed by atoms with Crippen molar-refractivity contribution in [2.75, 3.05) is 29.0 Å². The molecule has 0 radical (unpaired) electrons. The maximum atomic E-state index is 12.5. The summed E-state index contributed by atoms with van der Waals surface area (Å²) in [5.74, 6) is 0.178. The number of anilines is 2. The van der Waals surface area contributed by atoms with Gasteiger partial charge in [0.1, 0.15) is 12.6 Å². The number of sulfonamides is 1. The zero-order valence-corrected chi connectivity index (χ0v) is 18.3. The van der Waals surface area contributed by atoms with Crippen LogP contribution in [-0.2, 0) is 14.8 Å². The molecule has 9 heteroatoms. The number of nitriles is 1. The summed E-state index contributed by atoms with van der Waals surface area (Å²) in [7, 11) is -3.35. The molecule has 1 heterocycles. The predicted molar refractivity (Wildman–Crippen MR) is 119 cm³/mol. The summed E-state index contributed by atoms with van der Waals surface area (Å²) in [4.78, 5) is 14.6. The second-order valence-corrected chi connectivity index (χ2v) is 9.66. The Balaban J connectivity index is 1.89. The molecule has 3 rings (SSSR count). The Morgan fingerprint density at radius 3 is 2.60 bits per heavy atom. The van der Waals surface area contributed by atoms with Crippen LogP contribution in [0.25, 0.3) is 11.1 Å². The lowest BCUT2D eigenvalue weighted by atomic mass is 10.0. The molecule has 158 valence electrons. The van der Waals surface area contributed by atoms with Gasteiger partial charge in [0.2, 0.25) is 15.9 Å². The van der Waals surface area contributed by atoms with Crippen molar-refractivity contribution in [3.8, 4) is 17.2 Å². The number of benzene rings is 2. The number of halogens is 1. The lowest BCUT2D eigenvalue weighted by Crippen LogP contribution is -2.43. The van der Waals surface area contributed by atoms with E-state index in [-0.39, 0.29) is 18.5 Å². The first-order valence-corrected chi connectivity index (χ1v) is 11.7. The zero-order valence-electron chi connectivity index (χ0n) is 16.7. The molecule has 0 aliphatic carbocycles. The fourth-order valence-corrected chi connectivity index (χ4v) is 4.46. The molecule has 0 spiro atoms. The first kappa shape index (κ1) is 21.9. The summed E-state index contributed by atoms with van der Waals surface area (Å²) >= 11 is 6.43. The summed E-state index contributed by atoms with van der Waals surface area (Å²) in [5.41, 5.74) is 2.96. The van der Waals surface area contributed by atoms with Gasteiger partial charge in [0.25, 0.3) is 0 Å². The molecule has 0 aromatic heterocycles. The molecule has 1 aliphatic rings. The van der Waals surface area contributed by atoms with Gasteiger partial charge < -0.3 is 10.2 Å². The average molecular weight is 447 g/mol. The Labute approximate surface area is 181 Å². The average Bonchev–Trinajstić information content (AvgIpc) is 3.08. The Morgan fingerprint density at radius 1 is 1.27 bits per heavy atom.